The lowest BCUT2D eigenvalue weighted by Gasteiger charge is -2.43. The summed E-state index contributed by atoms with van der Waals surface area (Å²) >= 11 is 0. The maximum Gasteiger partial charge on any atom is 0.330 e. The highest BCUT2D eigenvalue weighted by Gasteiger charge is 2.55. The van der Waals surface area contributed by atoms with Gasteiger partial charge in [0.2, 0.25) is 0 Å². The normalized spacial score (nSPS) is 32.1. The van der Waals surface area contributed by atoms with Gasteiger partial charge in [0.05, 0.1) is 18.1 Å². The number of phenols is 2. The van der Waals surface area contributed by atoms with E-state index in [0.29, 0.717) is 24.8 Å². The molecule has 2 fully saturated rings. The van der Waals surface area contributed by atoms with Crippen molar-refractivity contribution in [2.75, 3.05) is 20.8 Å². The predicted octanol–water partition coefficient (Wildman–Crippen LogP) is 2.17. The highest BCUT2D eigenvalue weighted by Crippen LogP contribution is 2.51. The molecule has 3 N–H and O–H groups in total. The lowest BCUT2D eigenvalue weighted by atomic mass is 9.67. The van der Waals surface area contributed by atoms with Crippen molar-refractivity contribution in [1.29, 1.82) is 0 Å². The highest BCUT2D eigenvalue weighted by atomic mass is 16.8. The summed E-state index contributed by atoms with van der Waals surface area (Å²) < 4.78 is 21.8. The lowest BCUT2D eigenvalue weighted by molar-refractivity contribution is -0.223. The van der Waals surface area contributed by atoms with Crippen LogP contribution < -0.4 is 0 Å². The Bertz CT molecular complexity index is 748. The molecule has 3 rings (SSSR count). The second-order valence-corrected chi connectivity index (χ2v) is 7.67. The van der Waals surface area contributed by atoms with E-state index >= 15 is 0 Å². The zero-order valence-electron chi connectivity index (χ0n) is 16.6. The molecule has 0 aromatic heterocycles. The number of benzene rings is 1. The van der Waals surface area contributed by atoms with E-state index in [2.05, 4.69) is 0 Å². The largest absolute Gasteiger partial charge is 0.504 e. The van der Waals surface area contributed by atoms with Crippen LogP contribution >= 0.6 is 0 Å². The van der Waals surface area contributed by atoms with Gasteiger partial charge in [-0.2, -0.15) is 0 Å². The summed E-state index contributed by atoms with van der Waals surface area (Å²) in [5, 5.41) is 29.6. The number of methoxy groups -OCH3 is 2. The van der Waals surface area contributed by atoms with Crippen molar-refractivity contribution in [2.45, 2.75) is 44.4 Å². The van der Waals surface area contributed by atoms with E-state index in [1.807, 2.05) is 0 Å². The molecule has 1 aromatic rings. The first kappa shape index (κ1) is 21.6. The third-order valence-corrected chi connectivity index (χ3v) is 5.88. The molecule has 0 bridgehead atoms. The minimum Gasteiger partial charge on any atom is -0.504 e. The van der Waals surface area contributed by atoms with Crippen LogP contribution in [0.2, 0.25) is 0 Å². The van der Waals surface area contributed by atoms with E-state index in [1.165, 1.54) is 24.3 Å². The minimum absolute atomic E-state index is 0.0461. The summed E-state index contributed by atoms with van der Waals surface area (Å²) in [6.07, 6.45) is 3.74. The number of esters is 1. The molecule has 5 atom stereocenters. The van der Waals surface area contributed by atoms with Crippen molar-refractivity contribution in [3.05, 3.63) is 29.8 Å². The molecule has 0 amide bonds. The second-order valence-electron chi connectivity index (χ2n) is 7.67. The Hall–Kier alpha value is -2.13. The summed E-state index contributed by atoms with van der Waals surface area (Å²) in [4.78, 5) is 12.0. The molecule has 1 aliphatic carbocycles. The number of hydrogen-bond donors (Lipinski definition) is 3. The Kier molecular flexibility index (Phi) is 6.79. The van der Waals surface area contributed by atoms with Crippen LogP contribution in [0.3, 0.4) is 0 Å². The first-order valence-electron chi connectivity index (χ1n) is 9.64. The molecule has 1 aliphatic heterocycles. The average molecular weight is 408 g/mol. The Morgan fingerprint density at radius 1 is 1.28 bits per heavy atom. The third-order valence-electron chi connectivity index (χ3n) is 5.88. The van der Waals surface area contributed by atoms with Crippen LogP contribution in [0, 0.1) is 11.3 Å². The quantitative estimate of drug-likeness (QED) is 0.373. The SMILES string of the molecule is CO[C@@H]1C[C@]2(CC[C@H](COC(=O)/C=C/c3ccc(O)c(O)c3)C[C@@H]2O)[C@@H](OC)O1. The van der Waals surface area contributed by atoms with Crippen LogP contribution in [0.4, 0.5) is 0 Å². The standard InChI is InChI=1S/C21H28O8/c1-26-19-11-21(20(27-2)29-19)8-7-14(10-17(21)24)12-28-18(25)6-4-13-3-5-15(22)16(23)9-13/h3-6,9,14,17,19-20,22-24H,7-8,10-12H2,1-2H3/b6-4+/t14-,17-,19-,20-,21-/m0/s1. The monoisotopic (exact) mass is 408 g/mol. The van der Waals surface area contributed by atoms with Crippen molar-refractivity contribution in [3.63, 3.8) is 0 Å². The summed E-state index contributed by atoms with van der Waals surface area (Å²) in [5.41, 5.74) is 0.0586. The van der Waals surface area contributed by atoms with Gasteiger partial charge in [-0.25, -0.2) is 4.79 Å². The third kappa shape index (κ3) is 4.72. The maximum atomic E-state index is 12.0. The molecule has 1 spiro atoms. The van der Waals surface area contributed by atoms with Gasteiger partial charge in [-0.15, -0.1) is 0 Å². The van der Waals surface area contributed by atoms with Crippen LogP contribution in [0.25, 0.3) is 6.08 Å². The number of ether oxygens (including phenoxy) is 4. The Labute approximate surface area is 169 Å². The number of aliphatic hydroxyl groups is 1. The number of carbonyl (C=O) groups is 1. The summed E-state index contributed by atoms with van der Waals surface area (Å²) in [6.45, 7) is 0.212. The van der Waals surface area contributed by atoms with Gasteiger partial charge in [0.1, 0.15) is 0 Å². The van der Waals surface area contributed by atoms with Gasteiger partial charge in [-0.05, 0) is 49.0 Å². The molecular weight excluding hydrogens is 380 g/mol. The summed E-state index contributed by atoms with van der Waals surface area (Å²) in [5.74, 6) is -0.944. The molecule has 29 heavy (non-hydrogen) atoms. The van der Waals surface area contributed by atoms with Gasteiger partial charge >= 0.3 is 5.97 Å². The fourth-order valence-corrected chi connectivity index (χ4v) is 4.19. The fourth-order valence-electron chi connectivity index (χ4n) is 4.19. The van der Waals surface area contributed by atoms with Crippen molar-refractivity contribution in [2.24, 2.45) is 11.3 Å². The van der Waals surface area contributed by atoms with Crippen molar-refractivity contribution in [3.8, 4) is 11.5 Å². The van der Waals surface area contributed by atoms with Gasteiger partial charge in [0.25, 0.3) is 0 Å². The Morgan fingerprint density at radius 2 is 2.07 bits per heavy atom. The lowest BCUT2D eigenvalue weighted by Crippen LogP contribution is -2.47. The topological polar surface area (TPSA) is 115 Å². The number of carbonyl (C=O) groups excluding carboxylic acids is 1. The molecule has 1 saturated carbocycles. The number of aliphatic hydroxyl groups excluding tert-OH is 1. The van der Waals surface area contributed by atoms with E-state index in [0.717, 1.165) is 6.42 Å². The Balaban J connectivity index is 1.50. The molecule has 8 nitrogen and oxygen atoms in total. The smallest absolute Gasteiger partial charge is 0.330 e. The molecule has 8 heteroatoms. The van der Waals surface area contributed by atoms with Gasteiger partial charge in [0.15, 0.2) is 24.1 Å². The first-order chi connectivity index (χ1) is 13.9. The molecule has 1 heterocycles. The van der Waals surface area contributed by atoms with Crippen molar-refractivity contribution < 1.29 is 39.1 Å². The molecular formula is C21H28O8. The minimum atomic E-state index is -0.638. The number of aromatic hydroxyl groups is 2. The van der Waals surface area contributed by atoms with Crippen LogP contribution in [-0.2, 0) is 23.7 Å². The van der Waals surface area contributed by atoms with Gasteiger partial charge < -0.3 is 34.3 Å². The Morgan fingerprint density at radius 3 is 2.72 bits per heavy atom. The van der Waals surface area contributed by atoms with Crippen LogP contribution in [-0.4, -0.2) is 60.8 Å². The van der Waals surface area contributed by atoms with E-state index in [-0.39, 0.29) is 24.0 Å². The maximum absolute atomic E-state index is 12.0. The average Bonchev–Trinajstić information content (AvgIpc) is 3.08. The van der Waals surface area contributed by atoms with Crippen molar-refractivity contribution >= 4 is 12.0 Å². The number of rotatable bonds is 6. The molecule has 2 aliphatic rings. The molecule has 1 saturated heterocycles. The van der Waals surface area contributed by atoms with E-state index in [1.54, 1.807) is 20.3 Å². The molecule has 0 radical (unpaired) electrons. The first-order valence-corrected chi connectivity index (χ1v) is 9.64. The molecule has 160 valence electrons. The molecule has 0 unspecified atom stereocenters. The van der Waals surface area contributed by atoms with Gasteiger partial charge in [-0.3, -0.25) is 0 Å². The zero-order chi connectivity index (χ0) is 21.0. The second kappa shape index (κ2) is 9.13. The van der Waals surface area contributed by atoms with Crippen LogP contribution in [0.1, 0.15) is 31.2 Å². The van der Waals surface area contributed by atoms with E-state index in [4.69, 9.17) is 18.9 Å². The number of hydrogen-bond acceptors (Lipinski definition) is 8. The van der Waals surface area contributed by atoms with Gasteiger partial charge in [-0.1, -0.05) is 6.07 Å². The van der Waals surface area contributed by atoms with Crippen LogP contribution in [0.15, 0.2) is 24.3 Å². The predicted molar refractivity (Wildman–Crippen MR) is 103 cm³/mol. The van der Waals surface area contributed by atoms with Gasteiger partial charge in [0, 0.05) is 26.7 Å². The van der Waals surface area contributed by atoms with E-state index < -0.39 is 30.1 Å². The summed E-state index contributed by atoms with van der Waals surface area (Å²) in [7, 11) is 3.13. The number of phenolic OH excluding ortho intramolecular Hbond substituents is 2. The highest BCUT2D eigenvalue weighted by molar-refractivity contribution is 5.87. The fraction of sp³-hybridized carbons (Fsp3) is 0.571. The van der Waals surface area contributed by atoms with Crippen molar-refractivity contribution in [1.82, 2.24) is 0 Å². The summed E-state index contributed by atoms with van der Waals surface area (Å²) in [6, 6.07) is 4.26. The van der Waals surface area contributed by atoms with Crippen LogP contribution in [0.5, 0.6) is 11.5 Å². The van der Waals surface area contributed by atoms with E-state index in [9.17, 15) is 20.1 Å². The molecule has 1 aromatic carbocycles. The zero-order valence-corrected chi connectivity index (χ0v) is 16.6.